The van der Waals surface area contributed by atoms with Crippen LogP contribution in [0.5, 0.6) is 0 Å². The fourth-order valence-electron chi connectivity index (χ4n) is 2.79. The van der Waals surface area contributed by atoms with Crippen molar-refractivity contribution in [3.05, 3.63) is 69.2 Å². The molecule has 1 atom stereocenters. The molecule has 2 aromatic rings. The highest BCUT2D eigenvalue weighted by molar-refractivity contribution is 6.31. The summed E-state index contributed by atoms with van der Waals surface area (Å²) in [4.78, 5) is 0. The Morgan fingerprint density at radius 3 is 2.48 bits per heavy atom. The van der Waals surface area contributed by atoms with Crippen molar-refractivity contribution in [2.45, 2.75) is 40.2 Å². The summed E-state index contributed by atoms with van der Waals surface area (Å²) in [5.41, 5.74) is 6.42. The number of likely N-dealkylation sites (N-methyl/N-ethyl adjacent to an activating group) is 1. The first-order valence-electron chi connectivity index (χ1n) is 7.56. The van der Waals surface area contributed by atoms with Gasteiger partial charge in [-0.1, -0.05) is 54.4 Å². The van der Waals surface area contributed by atoms with Crippen LogP contribution in [0.2, 0.25) is 5.02 Å². The molecular weight excluding hydrogens is 278 g/mol. The summed E-state index contributed by atoms with van der Waals surface area (Å²) < 4.78 is 0. The van der Waals surface area contributed by atoms with Crippen LogP contribution in [0.1, 0.15) is 40.8 Å². The summed E-state index contributed by atoms with van der Waals surface area (Å²) in [7, 11) is 0. The van der Waals surface area contributed by atoms with Crippen LogP contribution in [0, 0.1) is 20.8 Å². The van der Waals surface area contributed by atoms with E-state index in [0.29, 0.717) is 6.04 Å². The Labute approximate surface area is 133 Å². The van der Waals surface area contributed by atoms with E-state index in [1.807, 2.05) is 0 Å². The van der Waals surface area contributed by atoms with Crippen molar-refractivity contribution in [1.29, 1.82) is 0 Å². The molecule has 0 aliphatic carbocycles. The van der Waals surface area contributed by atoms with Gasteiger partial charge in [-0.2, -0.15) is 0 Å². The highest BCUT2D eigenvalue weighted by atomic mass is 35.5. The van der Waals surface area contributed by atoms with Gasteiger partial charge in [-0.3, -0.25) is 0 Å². The number of hydrogen-bond acceptors (Lipinski definition) is 1. The molecule has 0 aliphatic heterocycles. The smallest absolute Gasteiger partial charge is 0.0438 e. The van der Waals surface area contributed by atoms with E-state index in [0.717, 1.165) is 23.6 Å². The molecule has 0 fully saturated rings. The van der Waals surface area contributed by atoms with E-state index in [4.69, 9.17) is 11.6 Å². The van der Waals surface area contributed by atoms with E-state index in [2.05, 4.69) is 69.4 Å². The van der Waals surface area contributed by atoms with Gasteiger partial charge in [0.25, 0.3) is 0 Å². The maximum atomic E-state index is 6.23. The normalized spacial score (nSPS) is 12.4. The van der Waals surface area contributed by atoms with Crippen LogP contribution in [-0.4, -0.2) is 6.54 Å². The van der Waals surface area contributed by atoms with Gasteiger partial charge in [-0.25, -0.2) is 0 Å². The van der Waals surface area contributed by atoms with Gasteiger partial charge in [0.15, 0.2) is 0 Å². The SMILES string of the molecule is CCNC(Cc1cccc(C)c1)c1cc(C)c(Cl)cc1C. The predicted molar refractivity (Wildman–Crippen MR) is 92.2 cm³/mol. The minimum absolute atomic E-state index is 0.327. The quantitative estimate of drug-likeness (QED) is 0.804. The van der Waals surface area contributed by atoms with E-state index in [1.54, 1.807) is 0 Å². The minimum Gasteiger partial charge on any atom is -0.310 e. The van der Waals surface area contributed by atoms with Gasteiger partial charge in [0.05, 0.1) is 0 Å². The lowest BCUT2D eigenvalue weighted by molar-refractivity contribution is 0.547. The van der Waals surface area contributed by atoms with Gasteiger partial charge < -0.3 is 5.32 Å². The van der Waals surface area contributed by atoms with Gasteiger partial charge in [-0.05, 0) is 62.1 Å². The maximum Gasteiger partial charge on any atom is 0.0438 e. The molecule has 1 unspecified atom stereocenters. The zero-order chi connectivity index (χ0) is 15.4. The van der Waals surface area contributed by atoms with Crippen LogP contribution in [0.15, 0.2) is 36.4 Å². The Kier molecular flexibility index (Phi) is 5.44. The molecule has 0 aromatic heterocycles. The second kappa shape index (κ2) is 7.11. The third kappa shape index (κ3) is 4.09. The third-order valence-corrected chi connectivity index (χ3v) is 4.30. The lowest BCUT2D eigenvalue weighted by atomic mass is 9.93. The molecule has 2 heteroatoms. The van der Waals surface area contributed by atoms with Gasteiger partial charge in [0.1, 0.15) is 0 Å². The molecular formula is C19H24ClN. The third-order valence-electron chi connectivity index (χ3n) is 3.90. The highest BCUT2D eigenvalue weighted by Crippen LogP contribution is 2.27. The van der Waals surface area contributed by atoms with Crippen molar-refractivity contribution in [1.82, 2.24) is 5.32 Å². The number of nitrogens with one attached hydrogen (secondary N) is 1. The molecule has 1 nitrogen and oxygen atoms in total. The second-order valence-electron chi connectivity index (χ2n) is 5.76. The Balaban J connectivity index is 2.33. The molecule has 0 saturated carbocycles. The Bertz CT molecular complexity index is 619. The van der Waals surface area contributed by atoms with Gasteiger partial charge in [-0.15, -0.1) is 0 Å². The molecule has 0 bridgehead atoms. The van der Waals surface area contributed by atoms with Crippen LogP contribution in [-0.2, 0) is 6.42 Å². The van der Waals surface area contributed by atoms with Crippen molar-refractivity contribution in [3.63, 3.8) is 0 Å². The van der Waals surface area contributed by atoms with E-state index in [1.165, 1.54) is 22.3 Å². The number of hydrogen-bond donors (Lipinski definition) is 1. The van der Waals surface area contributed by atoms with Crippen molar-refractivity contribution in [3.8, 4) is 0 Å². The van der Waals surface area contributed by atoms with Crippen molar-refractivity contribution >= 4 is 11.6 Å². The molecule has 0 spiro atoms. The van der Waals surface area contributed by atoms with E-state index < -0.39 is 0 Å². The lowest BCUT2D eigenvalue weighted by Gasteiger charge is -2.22. The first kappa shape index (κ1) is 16.1. The first-order valence-corrected chi connectivity index (χ1v) is 7.94. The Morgan fingerprint density at radius 2 is 1.81 bits per heavy atom. The van der Waals surface area contributed by atoms with Crippen LogP contribution in [0.4, 0.5) is 0 Å². The Hall–Kier alpha value is -1.31. The summed E-state index contributed by atoms with van der Waals surface area (Å²) in [5.74, 6) is 0. The van der Waals surface area contributed by atoms with Crippen molar-refractivity contribution < 1.29 is 0 Å². The molecule has 0 aliphatic rings. The molecule has 0 radical (unpaired) electrons. The molecule has 0 heterocycles. The van der Waals surface area contributed by atoms with Crippen molar-refractivity contribution in [2.24, 2.45) is 0 Å². The van der Waals surface area contributed by atoms with Crippen LogP contribution < -0.4 is 5.32 Å². The second-order valence-corrected chi connectivity index (χ2v) is 6.17. The molecule has 112 valence electrons. The Morgan fingerprint density at radius 1 is 1.05 bits per heavy atom. The average molecular weight is 302 g/mol. The minimum atomic E-state index is 0.327. The predicted octanol–water partition coefficient (Wildman–Crippen LogP) is 5.16. The van der Waals surface area contributed by atoms with E-state index in [9.17, 15) is 0 Å². The number of rotatable bonds is 5. The highest BCUT2D eigenvalue weighted by Gasteiger charge is 2.15. The molecule has 0 amide bonds. The lowest BCUT2D eigenvalue weighted by Crippen LogP contribution is -2.24. The van der Waals surface area contributed by atoms with Gasteiger partial charge in [0, 0.05) is 11.1 Å². The fraction of sp³-hybridized carbons (Fsp3) is 0.368. The van der Waals surface area contributed by atoms with Crippen molar-refractivity contribution in [2.75, 3.05) is 6.54 Å². The summed E-state index contributed by atoms with van der Waals surface area (Å²) in [5, 5.41) is 4.46. The molecule has 0 saturated heterocycles. The zero-order valence-corrected chi connectivity index (χ0v) is 14.1. The average Bonchev–Trinajstić information content (AvgIpc) is 2.42. The largest absolute Gasteiger partial charge is 0.310 e. The summed E-state index contributed by atoms with van der Waals surface area (Å²) in [6.07, 6.45) is 0.997. The zero-order valence-electron chi connectivity index (χ0n) is 13.3. The van der Waals surface area contributed by atoms with Gasteiger partial charge >= 0.3 is 0 Å². The summed E-state index contributed by atoms with van der Waals surface area (Å²) in [6.45, 7) is 9.46. The van der Waals surface area contributed by atoms with E-state index in [-0.39, 0.29) is 0 Å². The fourth-order valence-corrected chi connectivity index (χ4v) is 3.01. The molecule has 21 heavy (non-hydrogen) atoms. The number of aryl methyl sites for hydroxylation is 3. The summed E-state index contributed by atoms with van der Waals surface area (Å²) in [6, 6.07) is 13.4. The van der Waals surface area contributed by atoms with Crippen LogP contribution in [0.3, 0.4) is 0 Å². The first-order chi connectivity index (χ1) is 10.0. The number of benzene rings is 2. The summed E-state index contributed by atoms with van der Waals surface area (Å²) >= 11 is 6.23. The molecule has 2 rings (SSSR count). The molecule has 1 N–H and O–H groups in total. The monoisotopic (exact) mass is 301 g/mol. The van der Waals surface area contributed by atoms with Crippen LogP contribution in [0.25, 0.3) is 0 Å². The molecule has 2 aromatic carbocycles. The number of halogens is 1. The van der Waals surface area contributed by atoms with Gasteiger partial charge in [0.2, 0.25) is 0 Å². The van der Waals surface area contributed by atoms with Crippen LogP contribution >= 0.6 is 11.6 Å². The maximum absolute atomic E-state index is 6.23. The standard InChI is InChI=1S/C19H24ClN/c1-5-21-19(12-16-8-6-7-13(2)9-16)17-10-15(4)18(20)11-14(17)3/h6-11,19,21H,5,12H2,1-4H3. The topological polar surface area (TPSA) is 12.0 Å². The van der Waals surface area contributed by atoms with E-state index >= 15 is 0 Å².